The summed E-state index contributed by atoms with van der Waals surface area (Å²) in [7, 11) is 1.56. The number of hydrogen-bond donors (Lipinski definition) is 1. The quantitative estimate of drug-likeness (QED) is 0.614. The van der Waals surface area contributed by atoms with Gasteiger partial charge in [0.05, 0.1) is 30.2 Å². The number of para-hydroxylation sites is 1. The number of amides is 3. The Hall–Kier alpha value is -3.41. The minimum Gasteiger partial charge on any atom is -0.497 e. The van der Waals surface area contributed by atoms with Gasteiger partial charge in [-0.1, -0.05) is 30.4 Å². The standard InChI is InChI=1S/C25H22N2O4/c1-31-14-6-4-5-13(11-14)26-23(28)17-7-2-3-8-20(17)27-24(29)21-15-9-10-16(19-12-18(15)19)22(21)25(27)30/h2-11,15-16,18-19,21-22H,12H2,1H3,(H,26,28)/t15-,16-,18-,19-,21-,22-/m1/s1. The van der Waals surface area contributed by atoms with Crippen molar-refractivity contribution < 1.29 is 19.1 Å². The van der Waals surface area contributed by atoms with Crippen molar-refractivity contribution in [1.82, 2.24) is 0 Å². The van der Waals surface area contributed by atoms with Gasteiger partial charge in [-0.05, 0) is 54.4 Å². The predicted molar refractivity (Wildman–Crippen MR) is 115 cm³/mol. The van der Waals surface area contributed by atoms with Gasteiger partial charge in [0.15, 0.2) is 0 Å². The monoisotopic (exact) mass is 414 g/mol. The molecule has 4 aliphatic carbocycles. The molecule has 0 spiro atoms. The van der Waals surface area contributed by atoms with Crippen LogP contribution in [0.4, 0.5) is 11.4 Å². The highest BCUT2D eigenvalue weighted by Gasteiger charge is 2.67. The molecular formula is C25H22N2O4. The first-order valence-electron chi connectivity index (χ1n) is 10.7. The number of anilines is 2. The van der Waals surface area contributed by atoms with Crippen LogP contribution in [0.5, 0.6) is 5.75 Å². The molecule has 1 aliphatic heterocycles. The van der Waals surface area contributed by atoms with Crippen LogP contribution < -0.4 is 15.0 Å². The molecule has 0 radical (unpaired) electrons. The Morgan fingerprint density at radius 3 is 2.32 bits per heavy atom. The van der Waals surface area contributed by atoms with E-state index in [1.54, 1.807) is 55.6 Å². The number of ether oxygens (including phenoxy) is 1. The van der Waals surface area contributed by atoms with Crippen LogP contribution in [0, 0.1) is 35.5 Å². The normalized spacial score (nSPS) is 32.0. The molecule has 2 aromatic carbocycles. The molecule has 0 aromatic heterocycles. The molecule has 6 atom stereocenters. The second-order valence-corrected chi connectivity index (χ2v) is 8.87. The highest BCUT2D eigenvalue weighted by molar-refractivity contribution is 6.25. The van der Waals surface area contributed by atoms with Crippen LogP contribution in [0.1, 0.15) is 16.8 Å². The fraction of sp³-hybridized carbons (Fsp3) is 0.320. The summed E-state index contributed by atoms with van der Waals surface area (Å²) < 4.78 is 5.21. The van der Waals surface area contributed by atoms with Crippen LogP contribution in [-0.4, -0.2) is 24.8 Å². The number of rotatable bonds is 4. The maximum absolute atomic E-state index is 13.4. The number of hydrogen-bond acceptors (Lipinski definition) is 4. The van der Waals surface area contributed by atoms with E-state index < -0.39 is 0 Å². The molecule has 0 unspecified atom stereocenters. The number of nitrogens with zero attached hydrogens (tertiary/aromatic N) is 1. The summed E-state index contributed by atoms with van der Waals surface area (Å²) >= 11 is 0. The van der Waals surface area contributed by atoms with Crippen molar-refractivity contribution in [3.63, 3.8) is 0 Å². The van der Waals surface area contributed by atoms with Gasteiger partial charge >= 0.3 is 0 Å². The Morgan fingerprint density at radius 2 is 1.65 bits per heavy atom. The predicted octanol–water partition coefficient (Wildman–Crippen LogP) is 3.51. The Morgan fingerprint density at radius 1 is 0.968 bits per heavy atom. The van der Waals surface area contributed by atoms with E-state index in [0.717, 1.165) is 6.42 Å². The lowest BCUT2D eigenvalue weighted by Crippen LogP contribution is -2.40. The van der Waals surface area contributed by atoms with Gasteiger partial charge in [-0.2, -0.15) is 0 Å². The van der Waals surface area contributed by atoms with E-state index >= 15 is 0 Å². The first-order valence-corrected chi connectivity index (χ1v) is 10.7. The van der Waals surface area contributed by atoms with E-state index in [1.165, 1.54) is 4.90 Å². The van der Waals surface area contributed by atoms with Crippen molar-refractivity contribution >= 4 is 29.1 Å². The van der Waals surface area contributed by atoms with Crippen LogP contribution in [0.25, 0.3) is 0 Å². The Labute approximate surface area is 179 Å². The van der Waals surface area contributed by atoms with Crippen molar-refractivity contribution in [2.45, 2.75) is 6.42 Å². The van der Waals surface area contributed by atoms with E-state index in [1.807, 2.05) is 0 Å². The van der Waals surface area contributed by atoms with Crippen LogP contribution in [0.3, 0.4) is 0 Å². The van der Waals surface area contributed by atoms with Crippen molar-refractivity contribution in [3.05, 3.63) is 66.2 Å². The number of benzene rings is 2. The first-order chi connectivity index (χ1) is 15.1. The summed E-state index contributed by atoms with van der Waals surface area (Å²) in [6.45, 7) is 0. The van der Waals surface area contributed by atoms with Crippen LogP contribution in [0.15, 0.2) is 60.7 Å². The summed E-state index contributed by atoms with van der Waals surface area (Å²) in [6, 6.07) is 13.9. The fourth-order valence-electron chi connectivity index (χ4n) is 5.95. The second-order valence-electron chi connectivity index (χ2n) is 8.87. The first kappa shape index (κ1) is 18.4. The second kappa shape index (κ2) is 6.54. The fourth-order valence-corrected chi connectivity index (χ4v) is 5.95. The van der Waals surface area contributed by atoms with E-state index in [-0.39, 0.29) is 41.4 Å². The molecule has 156 valence electrons. The number of imide groups is 1. The number of methoxy groups -OCH3 is 1. The van der Waals surface area contributed by atoms with Crippen molar-refractivity contribution in [2.75, 3.05) is 17.3 Å². The average molecular weight is 414 g/mol. The van der Waals surface area contributed by atoms with Gasteiger partial charge < -0.3 is 10.1 Å². The van der Waals surface area contributed by atoms with Gasteiger partial charge in [-0.25, -0.2) is 4.90 Å². The van der Waals surface area contributed by atoms with Crippen molar-refractivity contribution in [3.8, 4) is 5.75 Å². The molecular weight excluding hydrogens is 392 g/mol. The SMILES string of the molecule is COc1cccc(NC(=O)c2ccccc2N2C(=O)[C@@H]3[C@@H]4C=C[C@H]([C@H]5C[C@H]45)[C@H]3C2=O)c1. The zero-order valence-corrected chi connectivity index (χ0v) is 17.0. The van der Waals surface area contributed by atoms with E-state index in [2.05, 4.69) is 17.5 Å². The lowest BCUT2D eigenvalue weighted by atomic mass is 9.63. The molecule has 3 fully saturated rings. The lowest BCUT2D eigenvalue weighted by Gasteiger charge is -2.37. The third kappa shape index (κ3) is 2.60. The lowest BCUT2D eigenvalue weighted by molar-refractivity contribution is -0.124. The average Bonchev–Trinajstić information content (AvgIpc) is 3.57. The van der Waals surface area contributed by atoms with Gasteiger partial charge in [0.2, 0.25) is 11.8 Å². The summed E-state index contributed by atoms with van der Waals surface area (Å²) in [5.41, 5.74) is 1.24. The summed E-state index contributed by atoms with van der Waals surface area (Å²) in [4.78, 5) is 41.3. The number of nitrogens with one attached hydrogen (secondary N) is 1. The maximum Gasteiger partial charge on any atom is 0.257 e. The largest absolute Gasteiger partial charge is 0.497 e. The molecule has 31 heavy (non-hydrogen) atoms. The number of allylic oxidation sites excluding steroid dienone is 2. The molecule has 6 heteroatoms. The molecule has 2 aromatic rings. The molecule has 1 N–H and O–H groups in total. The number of carbonyl (C=O) groups is 3. The zero-order chi connectivity index (χ0) is 21.3. The van der Waals surface area contributed by atoms with Gasteiger partial charge in [0.25, 0.3) is 5.91 Å². The Kier molecular flexibility index (Phi) is 3.88. The minimum atomic E-state index is -0.372. The van der Waals surface area contributed by atoms with Crippen molar-refractivity contribution in [2.24, 2.45) is 35.5 Å². The summed E-state index contributed by atoms with van der Waals surface area (Å²) in [5, 5.41) is 2.85. The zero-order valence-electron chi connectivity index (χ0n) is 17.0. The van der Waals surface area contributed by atoms with E-state index in [9.17, 15) is 14.4 Å². The molecule has 3 amide bonds. The summed E-state index contributed by atoms with van der Waals surface area (Å²) in [5.74, 6) is 0.728. The Balaban J connectivity index is 1.33. The van der Waals surface area contributed by atoms with Gasteiger partial charge in [0, 0.05) is 11.8 Å². The third-order valence-corrected chi connectivity index (χ3v) is 7.38. The van der Waals surface area contributed by atoms with Crippen LogP contribution in [0.2, 0.25) is 0 Å². The van der Waals surface area contributed by atoms with Gasteiger partial charge in [0.1, 0.15) is 5.75 Å². The van der Waals surface area contributed by atoms with E-state index in [4.69, 9.17) is 4.74 Å². The molecule has 1 heterocycles. The number of carbonyl (C=O) groups excluding carboxylic acids is 3. The Bertz CT molecular complexity index is 1120. The summed E-state index contributed by atoms with van der Waals surface area (Å²) in [6.07, 6.45) is 5.42. The molecule has 5 aliphatic rings. The molecule has 2 saturated carbocycles. The third-order valence-electron chi connectivity index (χ3n) is 7.38. The van der Waals surface area contributed by atoms with Crippen molar-refractivity contribution in [1.29, 1.82) is 0 Å². The molecule has 7 rings (SSSR count). The topological polar surface area (TPSA) is 75.7 Å². The van der Waals surface area contributed by atoms with Gasteiger partial charge in [-0.15, -0.1) is 0 Å². The van der Waals surface area contributed by atoms with Crippen LogP contribution in [-0.2, 0) is 9.59 Å². The van der Waals surface area contributed by atoms with E-state index in [0.29, 0.717) is 34.5 Å². The highest BCUT2D eigenvalue weighted by Crippen LogP contribution is 2.65. The smallest absolute Gasteiger partial charge is 0.257 e. The minimum absolute atomic E-state index is 0.152. The maximum atomic E-state index is 13.4. The molecule has 6 nitrogen and oxygen atoms in total. The van der Waals surface area contributed by atoms with Gasteiger partial charge in [-0.3, -0.25) is 14.4 Å². The highest BCUT2D eigenvalue weighted by atomic mass is 16.5. The molecule has 1 saturated heterocycles. The van der Waals surface area contributed by atoms with Crippen LogP contribution >= 0.6 is 0 Å². The molecule has 2 bridgehead atoms.